The number of anilines is 1. The minimum atomic E-state index is 0.726. The topological polar surface area (TPSA) is 55.6 Å². The summed E-state index contributed by atoms with van der Waals surface area (Å²) in [6.07, 6.45) is 3.80. The molecular weight excluding hydrogens is 306 g/mol. The minimum absolute atomic E-state index is 0.726. The summed E-state index contributed by atoms with van der Waals surface area (Å²) in [7, 11) is 1.94. The van der Waals surface area contributed by atoms with Crippen LogP contribution in [0.3, 0.4) is 0 Å². The van der Waals surface area contributed by atoms with Gasteiger partial charge in [0, 0.05) is 37.8 Å². The number of nitrogens with zero attached hydrogens (tertiary/aromatic N) is 4. The van der Waals surface area contributed by atoms with Crippen molar-refractivity contribution in [1.82, 2.24) is 19.7 Å². The van der Waals surface area contributed by atoms with Crippen LogP contribution in [0.15, 0.2) is 16.9 Å². The lowest BCUT2D eigenvalue weighted by atomic mass is 10.2. The minimum Gasteiger partial charge on any atom is -0.366 e. The Morgan fingerprint density at radius 1 is 1.26 bits per heavy atom. The first-order chi connectivity index (χ1) is 9.12. The Morgan fingerprint density at radius 3 is 2.74 bits per heavy atom. The van der Waals surface area contributed by atoms with Crippen LogP contribution in [0.2, 0.25) is 0 Å². The quantitative estimate of drug-likeness (QED) is 0.859. The van der Waals surface area contributed by atoms with E-state index in [-0.39, 0.29) is 0 Å². The van der Waals surface area contributed by atoms with E-state index >= 15 is 0 Å². The molecule has 19 heavy (non-hydrogen) atoms. The van der Waals surface area contributed by atoms with Crippen molar-refractivity contribution in [3.05, 3.63) is 33.9 Å². The van der Waals surface area contributed by atoms with Crippen LogP contribution >= 0.6 is 15.9 Å². The van der Waals surface area contributed by atoms with Crippen molar-refractivity contribution in [3.8, 4) is 0 Å². The van der Waals surface area contributed by atoms with Gasteiger partial charge in [0.2, 0.25) is 0 Å². The number of nitrogens with one attached hydrogen (secondary N) is 1. The van der Waals surface area contributed by atoms with Gasteiger partial charge in [0.1, 0.15) is 16.2 Å². The summed E-state index contributed by atoms with van der Waals surface area (Å²) in [5, 5.41) is 7.76. The molecule has 5 nitrogen and oxygen atoms in total. The van der Waals surface area contributed by atoms with E-state index in [0.29, 0.717) is 0 Å². The Labute approximate surface area is 121 Å². The summed E-state index contributed by atoms with van der Waals surface area (Å²) in [5.41, 5.74) is 2.33. The van der Waals surface area contributed by atoms with Gasteiger partial charge >= 0.3 is 0 Å². The Hall–Kier alpha value is -1.43. The molecule has 0 aliphatic rings. The van der Waals surface area contributed by atoms with Gasteiger partial charge < -0.3 is 5.32 Å². The van der Waals surface area contributed by atoms with Crippen molar-refractivity contribution in [2.75, 3.05) is 5.32 Å². The fourth-order valence-corrected chi connectivity index (χ4v) is 2.35. The van der Waals surface area contributed by atoms with Gasteiger partial charge in [-0.2, -0.15) is 5.10 Å². The number of hydrogen-bond donors (Lipinski definition) is 1. The molecule has 2 rings (SSSR count). The molecular formula is C13H18BrN5. The lowest BCUT2D eigenvalue weighted by Crippen LogP contribution is -2.05. The van der Waals surface area contributed by atoms with Crippen molar-refractivity contribution >= 4 is 21.7 Å². The van der Waals surface area contributed by atoms with E-state index in [1.807, 2.05) is 30.9 Å². The first-order valence-corrected chi connectivity index (χ1v) is 7.20. The molecule has 0 aliphatic carbocycles. The van der Waals surface area contributed by atoms with Crippen LogP contribution in [0, 0.1) is 0 Å². The zero-order valence-electron chi connectivity index (χ0n) is 11.4. The fraction of sp³-hybridized carbons (Fsp3) is 0.462. The number of aromatic nitrogens is 4. The van der Waals surface area contributed by atoms with Gasteiger partial charge in [0.15, 0.2) is 0 Å². The van der Waals surface area contributed by atoms with Crippen LogP contribution in [-0.2, 0) is 26.4 Å². The SMILES string of the molecule is CCc1nc(Br)cc(NCc2cn(C)nc2CC)n1. The lowest BCUT2D eigenvalue weighted by molar-refractivity contribution is 0.746. The second-order valence-electron chi connectivity index (χ2n) is 4.33. The molecule has 0 fully saturated rings. The maximum atomic E-state index is 4.45. The van der Waals surface area contributed by atoms with Crippen LogP contribution < -0.4 is 5.32 Å². The second-order valence-corrected chi connectivity index (χ2v) is 5.14. The summed E-state index contributed by atoms with van der Waals surface area (Å²) in [4.78, 5) is 8.74. The summed E-state index contributed by atoms with van der Waals surface area (Å²) in [6, 6.07) is 1.89. The average molecular weight is 324 g/mol. The first kappa shape index (κ1) is 14.0. The predicted molar refractivity (Wildman–Crippen MR) is 79.0 cm³/mol. The highest BCUT2D eigenvalue weighted by Gasteiger charge is 2.07. The maximum Gasteiger partial charge on any atom is 0.131 e. The number of rotatable bonds is 5. The molecule has 0 aliphatic heterocycles. The van der Waals surface area contributed by atoms with Gasteiger partial charge in [-0.15, -0.1) is 0 Å². The van der Waals surface area contributed by atoms with Crippen molar-refractivity contribution < 1.29 is 0 Å². The average Bonchev–Trinajstić information content (AvgIpc) is 2.76. The van der Waals surface area contributed by atoms with Gasteiger partial charge in [-0.3, -0.25) is 4.68 Å². The zero-order valence-corrected chi connectivity index (χ0v) is 13.0. The monoisotopic (exact) mass is 323 g/mol. The molecule has 0 aromatic carbocycles. The number of aryl methyl sites for hydroxylation is 3. The van der Waals surface area contributed by atoms with E-state index in [0.717, 1.165) is 41.3 Å². The van der Waals surface area contributed by atoms with Gasteiger partial charge in [-0.05, 0) is 22.4 Å². The Morgan fingerprint density at radius 2 is 2.05 bits per heavy atom. The van der Waals surface area contributed by atoms with Crippen molar-refractivity contribution in [2.24, 2.45) is 7.05 Å². The smallest absolute Gasteiger partial charge is 0.131 e. The molecule has 2 aromatic rings. The number of hydrogen-bond acceptors (Lipinski definition) is 4. The zero-order chi connectivity index (χ0) is 13.8. The summed E-state index contributed by atoms with van der Waals surface area (Å²) in [6.45, 7) is 4.88. The van der Waals surface area contributed by atoms with Crippen LogP contribution in [0.25, 0.3) is 0 Å². The molecule has 0 amide bonds. The Bertz CT molecular complexity index is 564. The molecule has 6 heteroatoms. The largest absolute Gasteiger partial charge is 0.366 e. The Balaban J connectivity index is 2.11. The van der Waals surface area contributed by atoms with E-state index < -0.39 is 0 Å². The molecule has 102 valence electrons. The molecule has 0 radical (unpaired) electrons. The summed E-state index contributed by atoms with van der Waals surface area (Å²) >= 11 is 3.40. The van der Waals surface area contributed by atoms with Crippen LogP contribution in [0.5, 0.6) is 0 Å². The highest BCUT2D eigenvalue weighted by Crippen LogP contribution is 2.15. The molecule has 2 aromatic heterocycles. The van der Waals surface area contributed by atoms with Crippen molar-refractivity contribution in [1.29, 1.82) is 0 Å². The van der Waals surface area contributed by atoms with Gasteiger partial charge in [-0.25, -0.2) is 9.97 Å². The second kappa shape index (κ2) is 6.14. The third-order valence-corrected chi connectivity index (χ3v) is 3.25. The van der Waals surface area contributed by atoms with Gasteiger partial charge in [-0.1, -0.05) is 13.8 Å². The van der Waals surface area contributed by atoms with E-state index in [1.165, 1.54) is 5.56 Å². The Kier molecular flexibility index (Phi) is 4.52. The molecule has 0 bridgehead atoms. The fourth-order valence-electron chi connectivity index (χ4n) is 1.93. The van der Waals surface area contributed by atoms with E-state index in [9.17, 15) is 0 Å². The third-order valence-electron chi connectivity index (χ3n) is 2.84. The highest BCUT2D eigenvalue weighted by atomic mass is 79.9. The lowest BCUT2D eigenvalue weighted by Gasteiger charge is -2.07. The van der Waals surface area contributed by atoms with Crippen LogP contribution in [0.1, 0.15) is 30.9 Å². The molecule has 2 heterocycles. The summed E-state index contributed by atoms with van der Waals surface area (Å²) in [5.74, 6) is 1.67. The summed E-state index contributed by atoms with van der Waals surface area (Å²) < 4.78 is 2.66. The molecule has 0 unspecified atom stereocenters. The number of halogens is 1. The molecule has 1 N–H and O–H groups in total. The molecule has 0 saturated carbocycles. The first-order valence-electron chi connectivity index (χ1n) is 6.41. The molecule has 0 spiro atoms. The van der Waals surface area contributed by atoms with Gasteiger partial charge in [0.25, 0.3) is 0 Å². The molecule has 0 atom stereocenters. The van der Waals surface area contributed by atoms with E-state index in [1.54, 1.807) is 0 Å². The van der Waals surface area contributed by atoms with Crippen LogP contribution in [0.4, 0.5) is 5.82 Å². The standard InChI is InChI=1S/C13H18BrN5/c1-4-10-9(8-19(3)18-10)7-15-13-6-11(14)16-12(5-2)17-13/h6,8H,4-5,7H2,1-3H3,(H,15,16,17). The van der Waals surface area contributed by atoms with Gasteiger partial charge in [0.05, 0.1) is 5.69 Å². The van der Waals surface area contributed by atoms with Crippen molar-refractivity contribution in [3.63, 3.8) is 0 Å². The van der Waals surface area contributed by atoms with E-state index in [2.05, 4.69) is 43.2 Å². The normalized spacial score (nSPS) is 10.7. The van der Waals surface area contributed by atoms with E-state index in [4.69, 9.17) is 0 Å². The van der Waals surface area contributed by atoms with Crippen LogP contribution in [-0.4, -0.2) is 19.7 Å². The maximum absolute atomic E-state index is 4.45. The predicted octanol–water partition coefficient (Wildman–Crippen LogP) is 2.71. The highest BCUT2D eigenvalue weighted by molar-refractivity contribution is 9.10. The third kappa shape index (κ3) is 3.53. The van der Waals surface area contributed by atoms with Crippen molar-refractivity contribution in [2.45, 2.75) is 33.2 Å². The molecule has 0 saturated heterocycles.